The standard InChI is InChI=1S/C12H15ClN2O2/c13-9-2-1-3-10(6-9)15-11(4-5-14)7-17-8-12(15)16/h1-3,6,11H,4-5,7-8,14H2. The maximum absolute atomic E-state index is 11.9. The highest BCUT2D eigenvalue weighted by atomic mass is 35.5. The van der Waals surface area contributed by atoms with Crippen molar-refractivity contribution in [3.63, 3.8) is 0 Å². The highest BCUT2D eigenvalue weighted by molar-refractivity contribution is 6.30. The molecule has 0 aliphatic carbocycles. The number of halogens is 1. The second-order valence-electron chi connectivity index (χ2n) is 3.99. The number of rotatable bonds is 3. The molecule has 0 aromatic heterocycles. The van der Waals surface area contributed by atoms with Crippen LogP contribution in [0.3, 0.4) is 0 Å². The molecule has 0 bridgehead atoms. The van der Waals surface area contributed by atoms with Gasteiger partial charge in [0.15, 0.2) is 0 Å². The summed E-state index contributed by atoms with van der Waals surface area (Å²) in [7, 11) is 0. The minimum Gasteiger partial charge on any atom is -0.369 e. The summed E-state index contributed by atoms with van der Waals surface area (Å²) in [6.45, 7) is 1.17. The van der Waals surface area contributed by atoms with Crippen molar-refractivity contribution < 1.29 is 9.53 Å². The first-order valence-corrected chi connectivity index (χ1v) is 5.95. The Labute approximate surface area is 105 Å². The fourth-order valence-electron chi connectivity index (χ4n) is 2.02. The molecule has 1 aliphatic heterocycles. The van der Waals surface area contributed by atoms with Gasteiger partial charge in [-0.25, -0.2) is 0 Å². The SMILES string of the molecule is NCCC1COCC(=O)N1c1cccc(Cl)c1. The molecule has 2 N–H and O–H groups in total. The zero-order valence-corrected chi connectivity index (χ0v) is 10.2. The number of hydrogen-bond donors (Lipinski definition) is 1. The predicted octanol–water partition coefficient (Wildman–Crippen LogP) is 1.42. The van der Waals surface area contributed by atoms with E-state index >= 15 is 0 Å². The van der Waals surface area contributed by atoms with Crippen LogP contribution in [-0.2, 0) is 9.53 Å². The first-order valence-electron chi connectivity index (χ1n) is 5.58. The quantitative estimate of drug-likeness (QED) is 0.888. The highest BCUT2D eigenvalue weighted by Crippen LogP contribution is 2.24. The van der Waals surface area contributed by atoms with Gasteiger partial charge in [-0.15, -0.1) is 0 Å². The van der Waals surface area contributed by atoms with Crippen molar-refractivity contribution in [2.24, 2.45) is 5.73 Å². The smallest absolute Gasteiger partial charge is 0.253 e. The van der Waals surface area contributed by atoms with Gasteiger partial charge in [0.25, 0.3) is 5.91 Å². The van der Waals surface area contributed by atoms with Crippen molar-refractivity contribution in [3.05, 3.63) is 29.3 Å². The Morgan fingerprint density at radius 2 is 2.35 bits per heavy atom. The number of amides is 1. The summed E-state index contributed by atoms with van der Waals surface area (Å²) < 4.78 is 5.25. The molecule has 1 heterocycles. The lowest BCUT2D eigenvalue weighted by molar-refractivity contribution is -0.127. The Morgan fingerprint density at radius 1 is 1.53 bits per heavy atom. The van der Waals surface area contributed by atoms with Gasteiger partial charge in [-0.3, -0.25) is 4.79 Å². The van der Waals surface area contributed by atoms with Crippen LogP contribution >= 0.6 is 11.6 Å². The van der Waals surface area contributed by atoms with E-state index in [9.17, 15) is 4.79 Å². The molecular formula is C12H15ClN2O2. The van der Waals surface area contributed by atoms with Crippen LogP contribution in [0.5, 0.6) is 0 Å². The number of carbonyl (C=O) groups excluding carboxylic acids is 1. The lowest BCUT2D eigenvalue weighted by atomic mass is 10.1. The van der Waals surface area contributed by atoms with Crippen LogP contribution in [0.25, 0.3) is 0 Å². The van der Waals surface area contributed by atoms with Crippen molar-refractivity contribution >= 4 is 23.2 Å². The summed E-state index contributed by atoms with van der Waals surface area (Å²) in [6, 6.07) is 7.28. The average Bonchev–Trinajstić information content (AvgIpc) is 2.29. The Hall–Kier alpha value is -1.10. The van der Waals surface area contributed by atoms with Gasteiger partial charge in [-0.1, -0.05) is 17.7 Å². The summed E-state index contributed by atoms with van der Waals surface area (Å²) in [5.74, 6) is -0.0445. The van der Waals surface area contributed by atoms with Gasteiger partial charge in [-0.2, -0.15) is 0 Å². The third-order valence-corrected chi connectivity index (χ3v) is 2.99. The number of carbonyl (C=O) groups is 1. The van der Waals surface area contributed by atoms with Gasteiger partial charge >= 0.3 is 0 Å². The van der Waals surface area contributed by atoms with Crippen LogP contribution in [0.2, 0.25) is 5.02 Å². The third-order valence-electron chi connectivity index (χ3n) is 2.76. The minimum atomic E-state index is -0.0445. The van der Waals surface area contributed by atoms with E-state index in [0.29, 0.717) is 18.2 Å². The van der Waals surface area contributed by atoms with E-state index in [0.717, 1.165) is 12.1 Å². The van der Waals surface area contributed by atoms with E-state index in [2.05, 4.69) is 0 Å². The van der Waals surface area contributed by atoms with Gasteiger partial charge in [0.1, 0.15) is 6.61 Å². The average molecular weight is 255 g/mol. The van der Waals surface area contributed by atoms with Gasteiger partial charge in [0.05, 0.1) is 12.6 Å². The number of anilines is 1. The number of hydrogen-bond acceptors (Lipinski definition) is 3. The first kappa shape index (κ1) is 12.4. The molecule has 1 saturated heterocycles. The molecule has 1 aliphatic rings. The number of nitrogens with zero attached hydrogens (tertiary/aromatic N) is 1. The maximum Gasteiger partial charge on any atom is 0.253 e. The third kappa shape index (κ3) is 2.77. The van der Waals surface area contributed by atoms with E-state index < -0.39 is 0 Å². The van der Waals surface area contributed by atoms with Gasteiger partial charge < -0.3 is 15.4 Å². The van der Waals surface area contributed by atoms with Gasteiger partial charge in [0.2, 0.25) is 0 Å². The molecule has 0 radical (unpaired) electrons. The fraction of sp³-hybridized carbons (Fsp3) is 0.417. The second kappa shape index (κ2) is 5.49. The Bertz CT molecular complexity index is 409. The molecule has 2 rings (SSSR count). The van der Waals surface area contributed by atoms with Crippen LogP contribution in [0.4, 0.5) is 5.69 Å². The van der Waals surface area contributed by atoms with Crippen LogP contribution in [0.1, 0.15) is 6.42 Å². The Kier molecular flexibility index (Phi) is 3.99. The highest BCUT2D eigenvalue weighted by Gasteiger charge is 2.29. The summed E-state index contributed by atoms with van der Waals surface area (Å²) in [4.78, 5) is 13.6. The Morgan fingerprint density at radius 3 is 3.06 bits per heavy atom. The number of benzene rings is 1. The van der Waals surface area contributed by atoms with Crippen LogP contribution in [0, 0.1) is 0 Å². The van der Waals surface area contributed by atoms with Crippen molar-refractivity contribution in [2.45, 2.75) is 12.5 Å². The molecule has 17 heavy (non-hydrogen) atoms. The minimum absolute atomic E-state index is 0.000262. The van der Waals surface area contributed by atoms with E-state index in [-0.39, 0.29) is 18.6 Å². The molecule has 1 aromatic carbocycles. The van der Waals surface area contributed by atoms with Crippen LogP contribution in [-0.4, -0.2) is 31.7 Å². The fourth-order valence-corrected chi connectivity index (χ4v) is 2.20. The number of morpholine rings is 1. The summed E-state index contributed by atoms with van der Waals surface area (Å²) in [5, 5.41) is 0.619. The topological polar surface area (TPSA) is 55.6 Å². The molecule has 92 valence electrons. The van der Waals surface area contributed by atoms with Crippen LogP contribution < -0.4 is 10.6 Å². The zero-order chi connectivity index (χ0) is 12.3. The lowest BCUT2D eigenvalue weighted by Gasteiger charge is -2.35. The predicted molar refractivity (Wildman–Crippen MR) is 67.2 cm³/mol. The molecule has 1 unspecified atom stereocenters. The van der Waals surface area contributed by atoms with Crippen LogP contribution in [0.15, 0.2) is 24.3 Å². The molecule has 1 aromatic rings. The van der Waals surface area contributed by atoms with Crippen molar-refractivity contribution in [2.75, 3.05) is 24.7 Å². The maximum atomic E-state index is 11.9. The number of nitrogens with two attached hydrogens (primary N) is 1. The van der Waals surface area contributed by atoms with Gasteiger partial charge in [-0.05, 0) is 31.2 Å². The van der Waals surface area contributed by atoms with Crippen molar-refractivity contribution in [1.82, 2.24) is 0 Å². The monoisotopic (exact) mass is 254 g/mol. The molecule has 1 atom stereocenters. The summed E-state index contributed by atoms with van der Waals surface area (Å²) in [5.41, 5.74) is 6.36. The molecule has 1 amide bonds. The lowest BCUT2D eigenvalue weighted by Crippen LogP contribution is -2.50. The number of ether oxygens (including phenoxy) is 1. The first-order chi connectivity index (χ1) is 8.22. The molecule has 0 spiro atoms. The van der Waals surface area contributed by atoms with E-state index in [4.69, 9.17) is 22.1 Å². The van der Waals surface area contributed by atoms with Crippen molar-refractivity contribution in [3.8, 4) is 0 Å². The summed E-state index contributed by atoms with van der Waals surface area (Å²) >= 11 is 5.94. The molecular weight excluding hydrogens is 240 g/mol. The van der Waals surface area contributed by atoms with Gasteiger partial charge in [0, 0.05) is 10.7 Å². The summed E-state index contributed by atoms with van der Waals surface area (Å²) in [6.07, 6.45) is 0.720. The van der Waals surface area contributed by atoms with E-state index in [1.165, 1.54) is 0 Å². The molecule has 1 fully saturated rings. The Balaban J connectivity index is 2.27. The second-order valence-corrected chi connectivity index (χ2v) is 4.43. The zero-order valence-electron chi connectivity index (χ0n) is 9.43. The normalized spacial score (nSPS) is 20.7. The van der Waals surface area contributed by atoms with E-state index in [1.54, 1.807) is 17.0 Å². The molecule has 4 nitrogen and oxygen atoms in total. The van der Waals surface area contributed by atoms with Crippen molar-refractivity contribution in [1.29, 1.82) is 0 Å². The van der Waals surface area contributed by atoms with E-state index in [1.807, 2.05) is 12.1 Å². The largest absolute Gasteiger partial charge is 0.369 e. The molecule has 0 saturated carbocycles. The molecule has 5 heteroatoms.